The summed E-state index contributed by atoms with van der Waals surface area (Å²) in [5.74, 6) is 1.18. The zero-order chi connectivity index (χ0) is 14.4. The molecule has 4 rings (SSSR count). The molecule has 0 amide bonds. The Balaban J connectivity index is 1.88. The van der Waals surface area contributed by atoms with Gasteiger partial charge in [-0.1, -0.05) is 53.2 Å². The van der Waals surface area contributed by atoms with E-state index in [4.69, 9.17) is 0 Å². The van der Waals surface area contributed by atoms with Crippen molar-refractivity contribution in [3.8, 4) is 0 Å². The van der Waals surface area contributed by atoms with Crippen LogP contribution in [0.25, 0.3) is 0 Å². The second-order valence-electron chi connectivity index (χ2n) is 6.06. The van der Waals surface area contributed by atoms with Crippen molar-refractivity contribution in [3.63, 3.8) is 0 Å². The van der Waals surface area contributed by atoms with Crippen LogP contribution < -0.4 is 4.90 Å². The minimum absolute atomic E-state index is 0.522. The molecule has 0 N–H and O–H groups in total. The van der Waals surface area contributed by atoms with Crippen molar-refractivity contribution >= 4 is 27.3 Å². The van der Waals surface area contributed by atoms with Crippen LogP contribution in [0.1, 0.15) is 24.8 Å². The fourth-order valence-electron chi connectivity index (χ4n) is 3.81. The van der Waals surface area contributed by atoms with E-state index in [0.29, 0.717) is 17.9 Å². The highest BCUT2D eigenvalue weighted by molar-refractivity contribution is 9.10. The van der Waals surface area contributed by atoms with Crippen LogP contribution in [0.4, 0.5) is 11.4 Å². The Bertz CT molecular complexity index is 689. The summed E-state index contributed by atoms with van der Waals surface area (Å²) in [5, 5.41) is 0. The average Bonchev–Trinajstić information content (AvgIpc) is 2.84. The smallest absolute Gasteiger partial charge is 0.0474 e. The maximum absolute atomic E-state index is 3.54. The Kier molecular flexibility index (Phi) is 3.15. The number of anilines is 2. The van der Waals surface area contributed by atoms with Gasteiger partial charge in [0.2, 0.25) is 0 Å². The summed E-state index contributed by atoms with van der Waals surface area (Å²) in [6.45, 7) is 2.37. The predicted octanol–water partition coefficient (Wildman–Crippen LogP) is 5.65. The van der Waals surface area contributed by atoms with E-state index < -0.39 is 0 Å². The first-order valence-electron chi connectivity index (χ1n) is 7.56. The third-order valence-corrected chi connectivity index (χ3v) is 5.29. The van der Waals surface area contributed by atoms with E-state index in [9.17, 15) is 0 Å². The van der Waals surface area contributed by atoms with Crippen LogP contribution >= 0.6 is 15.9 Å². The average molecular weight is 340 g/mol. The summed E-state index contributed by atoms with van der Waals surface area (Å²) in [4.78, 5) is 2.54. The standard InChI is InChI=1S/C19H18BrN/c1-13-5-4-7-17-16-6-2-3-8-18(16)21(19(13)17)15-11-9-14(20)10-12-15/h2-4,6-13,17,19H,5H2,1H3. The zero-order valence-corrected chi connectivity index (χ0v) is 13.6. The Morgan fingerprint density at radius 2 is 1.81 bits per heavy atom. The van der Waals surface area contributed by atoms with Crippen molar-refractivity contribution in [2.24, 2.45) is 5.92 Å². The Labute approximate surface area is 134 Å². The number of benzene rings is 2. The van der Waals surface area contributed by atoms with Gasteiger partial charge in [0.05, 0.1) is 0 Å². The van der Waals surface area contributed by atoms with Gasteiger partial charge in [-0.25, -0.2) is 0 Å². The molecular formula is C19H18BrN. The molecule has 2 heteroatoms. The van der Waals surface area contributed by atoms with Gasteiger partial charge in [-0.2, -0.15) is 0 Å². The predicted molar refractivity (Wildman–Crippen MR) is 92.2 cm³/mol. The van der Waals surface area contributed by atoms with Crippen LogP contribution in [0.2, 0.25) is 0 Å². The minimum atomic E-state index is 0.522. The monoisotopic (exact) mass is 339 g/mol. The quantitative estimate of drug-likeness (QED) is 0.607. The van der Waals surface area contributed by atoms with Crippen LogP contribution in [0.3, 0.4) is 0 Å². The summed E-state index contributed by atoms with van der Waals surface area (Å²) >= 11 is 3.54. The summed E-state index contributed by atoms with van der Waals surface area (Å²) in [5.41, 5.74) is 4.13. The van der Waals surface area contributed by atoms with E-state index in [1.54, 1.807) is 0 Å². The number of hydrogen-bond donors (Lipinski definition) is 0. The maximum Gasteiger partial charge on any atom is 0.0474 e. The molecule has 0 radical (unpaired) electrons. The number of nitrogens with zero attached hydrogens (tertiary/aromatic N) is 1. The van der Waals surface area contributed by atoms with Crippen LogP contribution in [-0.4, -0.2) is 6.04 Å². The number of rotatable bonds is 1. The van der Waals surface area contributed by atoms with Crippen molar-refractivity contribution in [2.45, 2.75) is 25.3 Å². The Morgan fingerprint density at radius 3 is 2.62 bits per heavy atom. The Hall–Kier alpha value is -1.54. The molecule has 0 saturated heterocycles. The molecule has 0 aromatic heterocycles. The highest BCUT2D eigenvalue weighted by Gasteiger charge is 2.41. The summed E-state index contributed by atoms with van der Waals surface area (Å²) in [6, 6.07) is 18.1. The van der Waals surface area contributed by atoms with Gasteiger partial charge in [0.1, 0.15) is 0 Å². The number of para-hydroxylation sites is 1. The van der Waals surface area contributed by atoms with Crippen LogP contribution in [0, 0.1) is 5.92 Å². The molecule has 2 aromatic carbocycles. The first-order valence-corrected chi connectivity index (χ1v) is 8.35. The molecule has 0 bridgehead atoms. The van der Waals surface area contributed by atoms with E-state index in [-0.39, 0.29) is 0 Å². The van der Waals surface area contributed by atoms with Crippen molar-refractivity contribution in [1.82, 2.24) is 0 Å². The molecule has 1 aliphatic carbocycles. The summed E-state index contributed by atoms with van der Waals surface area (Å²) < 4.78 is 1.13. The van der Waals surface area contributed by atoms with E-state index in [1.165, 1.54) is 23.4 Å². The van der Waals surface area contributed by atoms with Gasteiger partial charge < -0.3 is 4.90 Å². The second kappa shape index (κ2) is 5.03. The van der Waals surface area contributed by atoms with Crippen molar-refractivity contribution in [1.29, 1.82) is 0 Å². The van der Waals surface area contributed by atoms with E-state index >= 15 is 0 Å². The molecule has 0 fully saturated rings. The lowest BCUT2D eigenvalue weighted by molar-refractivity contribution is 0.424. The number of halogens is 1. The molecule has 2 aliphatic rings. The van der Waals surface area contributed by atoms with Gasteiger partial charge in [-0.15, -0.1) is 0 Å². The fraction of sp³-hybridized carbons (Fsp3) is 0.263. The van der Waals surface area contributed by atoms with Gasteiger partial charge in [0, 0.05) is 27.8 Å². The molecule has 106 valence electrons. The van der Waals surface area contributed by atoms with E-state index in [2.05, 4.69) is 88.4 Å². The van der Waals surface area contributed by atoms with Crippen LogP contribution in [0.5, 0.6) is 0 Å². The minimum Gasteiger partial charge on any atom is -0.337 e. The zero-order valence-electron chi connectivity index (χ0n) is 12.0. The molecule has 1 heterocycles. The number of allylic oxidation sites excluding steroid dienone is 1. The maximum atomic E-state index is 3.54. The van der Waals surface area contributed by atoms with Crippen molar-refractivity contribution < 1.29 is 0 Å². The third-order valence-electron chi connectivity index (χ3n) is 4.76. The molecule has 2 aromatic rings. The number of fused-ring (bicyclic) bond motifs is 3. The fourth-order valence-corrected chi connectivity index (χ4v) is 4.08. The molecule has 1 aliphatic heterocycles. The summed E-state index contributed by atoms with van der Waals surface area (Å²) in [7, 11) is 0. The number of hydrogen-bond acceptors (Lipinski definition) is 1. The molecule has 21 heavy (non-hydrogen) atoms. The third kappa shape index (κ3) is 2.04. The van der Waals surface area contributed by atoms with Crippen LogP contribution in [0.15, 0.2) is 65.2 Å². The molecule has 1 nitrogen and oxygen atoms in total. The lowest BCUT2D eigenvalue weighted by Gasteiger charge is -2.36. The normalized spacial score (nSPS) is 26.6. The lowest BCUT2D eigenvalue weighted by Crippen LogP contribution is -2.37. The largest absolute Gasteiger partial charge is 0.337 e. The highest BCUT2D eigenvalue weighted by atomic mass is 79.9. The van der Waals surface area contributed by atoms with Gasteiger partial charge in [0.15, 0.2) is 0 Å². The van der Waals surface area contributed by atoms with E-state index in [0.717, 1.165) is 4.47 Å². The van der Waals surface area contributed by atoms with Gasteiger partial charge in [0.25, 0.3) is 0 Å². The first-order chi connectivity index (χ1) is 10.3. The first kappa shape index (κ1) is 13.1. The van der Waals surface area contributed by atoms with E-state index in [1.807, 2.05) is 0 Å². The highest BCUT2D eigenvalue weighted by Crippen LogP contribution is 2.50. The topological polar surface area (TPSA) is 3.24 Å². The van der Waals surface area contributed by atoms with Gasteiger partial charge >= 0.3 is 0 Å². The van der Waals surface area contributed by atoms with Gasteiger partial charge in [-0.3, -0.25) is 0 Å². The van der Waals surface area contributed by atoms with Crippen molar-refractivity contribution in [2.75, 3.05) is 4.90 Å². The van der Waals surface area contributed by atoms with Crippen LogP contribution in [-0.2, 0) is 0 Å². The summed E-state index contributed by atoms with van der Waals surface area (Å²) in [6.07, 6.45) is 5.93. The SMILES string of the molecule is CC1CC=CC2c3ccccc3N(c3ccc(Br)cc3)C12. The molecular weight excluding hydrogens is 322 g/mol. The van der Waals surface area contributed by atoms with Crippen molar-refractivity contribution in [3.05, 3.63) is 70.7 Å². The molecule has 0 saturated carbocycles. The molecule has 3 atom stereocenters. The lowest BCUT2D eigenvalue weighted by atomic mass is 9.81. The molecule has 0 spiro atoms. The van der Waals surface area contributed by atoms with Gasteiger partial charge in [-0.05, 0) is 48.2 Å². The second-order valence-corrected chi connectivity index (χ2v) is 6.98. The molecule has 3 unspecified atom stereocenters. The Morgan fingerprint density at radius 1 is 1.05 bits per heavy atom.